The van der Waals surface area contributed by atoms with Gasteiger partial charge in [-0.2, -0.15) is 0 Å². The minimum absolute atomic E-state index is 0.0234. The molecule has 0 spiro atoms. The van der Waals surface area contributed by atoms with Crippen LogP contribution in [0.4, 0.5) is 5.69 Å². The van der Waals surface area contributed by atoms with Gasteiger partial charge in [0.1, 0.15) is 17.4 Å². The van der Waals surface area contributed by atoms with E-state index in [0.717, 1.165) is 11.6 Å². The van der Waals surface area contributed by atoms with Gasteiger partial charge in [0.2, 0.25) is 0 Å². The van der Waals surface area contributed by atoms with Crippen LogP contribution in [0.2, 0.25) is 0 Å². The predicted octanol–water partition coefficient (Wildman–Crippen LogP) is 3.95. The van der Waals surface area contributed by atoms with Crippen LogP contribution in [0.5, 0.6) is 5.75 Å². The van der Waals surface area contributed by atoms with Gasteiger partial charge in [0, 0.05) is 50.6 Å². The number of fused-ring (bicyclic) bond motifs is 1. The number of methoxy groups -OCH3 is 1. The summed E-state index contributed by atoms with van der Waals surface area (Å²) in [6, 6.07) is 12.9. The summed E-state index contributed by atoms with van der Waals surface area (Å²) in [5, 5.41) is 2.99. The van der Waals surface area contributed by atoms with Crippen LogP contribution in [-0.4, -0.2) is 75.1 Å². The van der Waals surface area contributed by atoms with Crippen molar-refractivity contribution in [3.05, 3.63) is 70.7 Å². The summed E-state index contributed by atoms with van der Waals surface area (Å²) < 4.78 is 40.4. The normalized spacial score (nSPS) is 21.6. The molecule has 38 heavy (non-hydrogen) atoms. The van der Waals surface area contributed by atoms with Crippen molar-refractivity contribution >= 4 is 33.0 Å². The molecule has 2 heterocycles. The number of amides is 1. The van der Waals surface area contributed by atoms with Crippen LogP contribution in [0.1, 0.15) is 29.2 Å². The average Bonchev–Trinajstić information content (AvgIpc) is 3.42. The van der Waals surface area contributed by atoms with E-state index in [1.165, 1.54) is 18.2 Å². The van der Waals surface area contributed by atoms with E-state index in [2.05, 4.69) is 28.5 Å². The quantitative estimate of drug-likeness (QED) is 0.489. The van der Waals surface area contributed by atoms with Crippen molar-refractivity contribution in [2.75, 3.05) is 38.6 Å². The number of rotatable bonds is 6. The fourth-order valence-corrected chi connectivity index (χ4v) is 6.17. The number of benzene rings is 2. The summed E-state index contributed by atoms with van der Waals surface area (Å²) >= 11 is 1.62. The number of hydrogen-bond donors (Lipinski definition) is 1. The van der Waals surface area contributed by atoms with Crippen LogP contribution in [0.15, 0.2) is 65.0 Å². The van der Waals surface area contributed by atoms with Gasteiger partial charge in [0.15, 0.2) is 0 Å². The molecule has 1 N–H and O–H groups in total. The number of nitrogens with one attached hydrogen (secondary N) is 1. The Labute approximate surface area is 228 Å². The summed E-state index contributed by atoms with van der Waals surface area (Å²) in [4.78, 5) is 22.1. The van der Waals surface area contributed by atoms with Crippen molar-refractivity contribution in [2.45, 2.75) is 37.4 Å². The van der Waals surface area contributed by atoms with E-state index in [4.69, 9.17) is 9.47 Å². The minimum Gasteiger partial charge on any atom is -0.491 e. The van der Waals surface area contributed by atoms with E-state index in [-0.39, 0.29) is 40.1 Å². The molecule has 2 aromatic carbocycles. The molecule has 3 aromatic rings. The van der Waals surface area contributed by atoms with Gasteiger partial charge in [-0.1, -0.05) is 25.1 Å². The molecule has 9 nitrogen and oxygen atoms in total. The molecule has 1 aliphatic rings. The van der Waals surface area contributed by atoms with Gasteiger partial charge in [0.05, 0.1) is 23.1 Å². The van der Waals surface area contributed by atoms with Gasteiger partial charge in [-0.25, -0.2) is 13.4 Å². The van der Waals surface area contributed by atoms with Crippen molar-refractivity contribution in [1.29, 1.82) is 0 Å². The summed E-state index contributed by atoms with van der Waals surface area (Å²) in [5.41, 5.74) is 0.558. The standard InChI is InChI=1S/C27H34N4O5S2/c1-19-15-31(17-26-28-12-13-37-26)20(2)18-36-24-11-10-21(29-38(33,34)22-8-6-5-7-9-22)14-23(24)27(32)30(3)16-25(19)35-4/h5-14,19-20,25,29H,15-18H2,1-4H3/t19-,20-,25+/m0/s1. The van der Waals surface area contributed by atoms with E-state index >= 15 is 0 Å². The number of nitrogens with zero attached hydrogens (tertiary/aromatic N) is 3. The van der Waals surface area contributed by atoms with E-state index in [1.807, 2.05) is 5.38 Å². The largest absolute Gasteiger partial charge is 0.491 e. The molecule has 0 bridgehead atoms. The highest BCUT2D eigenvalue weighted by Crippen LogP contribution is 2.28. The van der Waals surface area contributed by atoms with Gasteiger partial charge >= 0.3 is 0 Å². The number of sulfonamides is 1. The summed E-state index contributed by atoms with van der Waals surface area (Å²) in [5.74, 6) is 0.247. The number of anilines is 1. The van der Waals surface area contributed by atoms with Crippen LogP contribution >= 0.6 is 11.3 Å². The third-order valence-corrected chi connectivity index (χ3v) is 8.86. The Balaban J connectivity index is 1.65. The maximum absolute atomic E-state index is 13.6. The lowest BCUT2D eigenvalue weighted by atomic mass is 10.0. The highest BCUT2D eigenvalue weighted by Gasteiger charge is 2.29. The lowest BCUT2D eigenvalue weighted by Gasteiger charge is -2.35. The lowest BCUT2D eigenvalue weighted by molar-refractivity contribution is 0.00921. The Morgan fingerprint density at radius 3 is 2.61 bits per heavy atom. The summed E-state index contributed by atoms with van der Waals surface area (Å²) in [6.07, 6.45) is 1.61. The molecule has 1 aromatic heterocycles. The zero-order chi connectivity index (χ0) is 27.3. The number of hydrogen-bond acceptors (Lipinski definition) is 8. The monoisotopic (exact) mass is 558 g/mol. The number of likely N-dealkylation sites (N-methyl/N-ethyl adjacent to an activating group) is 1. The van der Waals surface area contributed by atoms with E-state index in [1.54, 1.807) is 66.9 Å². The Hall–Kier alpha value is -2.99. The van der Waals surface area contributed by atoms with Crippen molar-refractivity contribution in [3.8, 4) is 5.75 Å². The zero-order valence-electron chi connectivity index (χ0n) is 22.0. The molecular formula is C27H34N4O5S2. The van der Waals surface area contributed by atoms with E-state index in [0.29, 0.717) is 25.4 Å². The lowest BCUT2D eigenvalue weighted by Crippen LogP contribution is -2.46. The first-order valence-corrected chi connectivity index (χ1v) is 14.8. The van der Waals surface area contributed by atoms with Gasteiger partial charge in [0.25, 0.3) is 15.9 Å². The molecular weight excluding hydrogens is 524 g/mol. The summed E-state index contributed by atoms with van der Waals surface area (Å²) in [7, 11) is -0.443. The molecule has 0 radical (unpaired) electrons. The first-order chi connectivity index (χ1) is 18.2. The molecule has 3 atom stereocenters. The van der Waals surface area contributed by atoms with Gasteiger partial charge in [-0.15, -0.1) is 11.3 Å². The number of aromatic nitrogens is 1. The number of carbonyl (C=O) groups is 1. The highest BCUT2D eigenvalue weighted by molar-refractivity contribution is 7.92. The first-order valence-electron chi connectivity index (χ1n) is 12.4. The second-order valence-corrected chi connectivity index (χ2v) is 12.2. The average molecular weight is 559 g/mol. The molecule has 204 valence electrons. The number of ether oxygens (including phenoxy) is 2. The van der Waals surface area contributed by atoms with Crippen molar-refractivity contribution in [2.24, 2.45) is 5.92 Å². The highest BCUT2D eigenvalue weighted by atomic mass is 32.2. The zero-order valence-corrected chi connectivity index (χ0v) is 23.7. The second-order valence-electron chi connectivity index (χ2n) is 9.58. The molecule has 0 aliphatic carbocycles. The molecule has 0 unspecified atom stereocenters. The summed E-state index contributed by atoms with van der Waals surface area (Å²) in [6.45, 7) is 6.35. The predicted molar refractivity (Wildman–Crippen MR) is 148 cm³/mol. The minimum atomic E-state index is -3.82. The topological polar surface area (TPSA) is 101 Å². The Bertz CT molecular complexity index is 1320. The number of carbonyl (C=O) groups excluding carboxylic acids is 1. The van der Waals surface area contributed by atoms with Crippen LogP contribution in [0.3, 0.4) is 0 Å². The maximum atomic E-state index is 13.6. The van der Waals surface area contributed by atoms with Crippen molar-refractivity contribution in [1.82, 2.24) is 14.8 Å². The van der Waals surface area contributed by atoms with Gasteiger partial charge in [-0.3, -0.25) is 14.4 Å². The van der Waals surface area contributed by atoms with E-state index in [9.17, 15) is 13.2 Å². The third-order valence-electron chi connectivity index (χ3n) is 6.70. The fraction of sp³-hybridized carbons (Fsp3) is 0.407. The van der Waals surface area contributed by atoms with Crippen LogP contribution in [-0.2, 0) is 21.3 Å². The van der Waals surface area contributed by atoms with Crippen LogP contribution < -0.4 is 9.46 Å². The molecule has 1 amide bonds. The molecule has 0 saturated carbocycles. The molecule has 1 aliphatic heterocycles. The smallest absolute Gasteiger partial charge is 0.261 e. The molecule has 0 fully saturated rings. The first kappa shape index (κ1) is 28.0. The molecule has 0 saturated heterocycles. The third kappa shape index (κ3) is 6.71. The Kier molecular flexibility index (Phi) is 9.03. The molecule has 4 rings (SSSR count). The number of thiazole rings is 1. The van der Waals surface area contributed by atoms with Crippen LogP contribution in [0.25, 0.3) is 0 Å². The van der Waals surface area contributed by atoms with E-state index < -0.39 is 10.0 Å². The van der Waals surface area contributed by atoms with Crippen molar-refractivity contribution < 1.29 is 22.7 Å². The van der Waals surface area contributed by atoms with Gasteiger partial charge < -0.3 is 14.4 Å². The SMILES string of the molecule is CO[C@@H]1CN(C)C(=O)c2cc(NS(=O)(=O)c3ccccc3)ccc2OC[C@H](C)N(Cc2nccs2)C[C@@H]1C. The Morgan fingerprint density at radius 2 is 1.92 bits per heavy atom. The van der Waals surface area contributed by atoms with Crippen LogP contribution in [0, 0.1) is 5.92 Å². The Morgan fingerprint density at radius 1 is 1.16 bits per heavy atom. The fourth-order valence-electron chi connectivity index (χ4n) is 4.45. The second kappa shape index (κ2) is 12.2. The molecule has 11 heteroatoms. The van der Waals surface area contributed by atoms with Crippen molar-refractivity contribution in [3.63, 3.8) is 0 Å². The maximum Gasteiger partial charge on any atom is 0.261 e. The van der Waals surface area contributed by atoms with Gasteiger partial charge in [-0.05, 0) is 43.2 Å².